The van der Waals surface area contributed by atoms with Gasteiger partial charge in [0.1, 0.15) is 31.1 Å². The number of benzene rings is 2. The maximum atomic E-state index is 13.1. The molecule has 0 aliphatic carbocycles. The molecule has 37 heavy (non-hydrogen) atoms. The first kappa shape index (κ1) is 23.6. The molecule has 0 aromatic heterocycles. The molecule has 1 fully saturated rings. The lowest BCUT2D eigenvalue weighted by atomic mass is 9.91. The molecule has 0 N–H and O–H groups in total. The minimum atomic E-state index is -1.27. The van der Waals surface area contributed by atoms with Gasteiger partial charge in [-0.25, -0.2) is 4.79 Å². The molecule has 14 heteroatoms. The second-order valence-electron chi connectivity index (χ2n) is 8.40. The van der Waals surface area contributed by atoms with E-state index in [1.165, 1.54) is 31.2 Å². The summed E-state index contributed by atoms with van der Waals surface area (Å²) in [6.45, 7) is 1.12. The third kappa shape index (κ3) is 3.65. The fourth-order valence-electron chi connectivity index (χ4n) is 4.49. The Balaban J connectivity index is 1.33. The predicted molar refractivity (Wildman–Crippen MR) is 120 cm³/mol. The summed E-state index contributed by atoms with van der Waals surface area (Å²) in [4.78, 5) is 74.3. The lowest BCUT2D eigenvalue weighted by molar-refractivity contribution is -0.385. The van der Waals surface area contributed by atoms with Crippen LogP contribution in [0.25, 0.3) is 0 Å². The van der Waals surface area contributed by atoms with Crippen molar-refractivity contribution in [3.8, 4) is 0 Å². The summed E-state index contributed by atoms with van der Waals surface area (Å²) in [5.41, 5.74) is -0.465. The van der Waals surface area contributed by atoms with E-state index in [0.29, 0.717) is 5.56 Å². The van der Waals surface area contributed by atoms with Crippen molar-refractivity contribution in [2.24, 2.45) is 0 Å². The largest absolute Gasteiger partial charge is 0.494 e. The number of hydrogen-bond donors (Lipinski definition) is 0. The molecule has 2 atom stereocenters. The summed E-state index contributed by atoms with van der Waals surface area (Å²) in [6, 6.07) is 6.47. The summed E-state index contributed by atoms with van der Waals surface area (Å²) in [5, 5.41) is 21.9. The number of fused-ring (bicyclic) bond motifs is 2. The molecule has 5 rings (SSSR count). The average molecular weight is 508 g/mol. The number of β-lactam (4-membered cyclic amide) rings is 1. The average Bonchev–Trinajstić information content (AvgIpc) is 3.12. The monoisotopic (exact) mass is 508 g/mol. The highest BCUT2D eigenvalue weighted by atomic mass is 16.6. The number of hydrogen-bond acceptors (Lipinski definition) is 10. The fourth-order valence-corrected chi connectivity index (χ4v) is 4.49. The summed E-state index contributed by atoms with van der Waals surface area (Å²) in [5.74, 6) is -3.13. The summed E-state index contributed by atoms with van der Waals surface area (Å²) < 4.78 is 10.8. The zero-order chi connectivity index (χ0) is 26.6. The zero-order valence-electron chi connectivity index (χ0n) is 19.0. The van der Waals surface area contributed by atoms with E-state index in [1.807, 2.05) is 0 Å². The molecule has 188 valence electrons. The van der Waals surface area contributed by atoms with Crippen LogP contribution in [-0.4, -0.2) is 62.0 Å². The van der Waals surface area contributed by atoms with Crippen LogP contribution in [0.3, 0.4) is 0 Å². The van der Waals surface area contributed by atoms with E-state index in [1.54, 1.807) is 0 Å². The van der Waals surface area contributed by atoms with Crippen LogP contribution in [0.15, 0.2) is 53.9 Å². The first-order valence-corrected chi connectivity index (χ1v) is 10.8. The van der Waals surface area contributed by atoms with Gasteiger partial charge < -0.3 is 9.47 Å². The number of allylic oxidation sites excluding steroid dienone is 1. The molecule has 2 aromatic carbocycles. The van der Waals surface area contributed by atoms with Gasteiger partial charge in [0, 0.05) is 24.3 Å². The Morgan fingerprint density at radius 1 is 0.973 bits per heavy atom. The normalized spacial score (nSPS) is 20.2. The standard InChI is InChI=1S/C23H16N4O10/c1-11-18(23(31)37-9-12-2-4-13(5-3-12)26(32)33)24-17(10-36-11)19(22(24)30)25-20(28)15-7-6-14(27(34)35)8-16(15)21(25)29/h2-8,17,19H,9-10H2,1H3/t17-,19+/m1/s1. The van der Waals surface area contributed by atoms with E-state index in [-0.39, 0.29) is 47.2 Å². The molecule has 0 bridgehead atoms. The highest BCUT2D eigenvalue weighted by Crippen LogP contribution is 2.39. The predicted octanol–water partition coefficient (Wildman–Crippen LogP) is 1.68. The lowest BCUT2D eigenvalue weighted by Crippen LogP contribution is -2.74. The number of nitrogens with zero attached hydrogens (tertiary/aromatic N) is 4. The van der Waals surface area contributed by atoms with E-state index < -0.39 is 45.6 Å². The Labute approximate surface area is 206 Å². The van der Waals surface area contributed by atoms with E-state index in [4.69, 9.17) is 9.47 Å². The van der Waals surface area contributed by atoms with Gasteiger partial charge in [-0.2, -0.15) is 0 Å². The van der Waals surface area contributed by atoms with Gasteiger partial charge in [0.05, 0.1) is 21.0 Å². The molecule has 1 saturated heterocycles. The molecule has 0 saturated carbocycles. The number of esters is 1. The number of rotatable bonds is 6. The third-order valence-electron chi connectivity index (χ3n) is 6.33. The third-order valence-corrected chi connectivity index (χ3v) is 6.33. The number of non-ortho nitro benzene ring substituents is 2. The van der Waals surface area contributed by atoms with Crippen molar-refractivity contribution < 1.29 is 38.5 Å². The number of amides is 3. The maximum absolute atomic E-state index is 13.1. The molecule has 3 heterocycles. The number of carbonyl (C=O) groups excluding carboxylic acids is 4. The van der Waals surface area contributed by atoms with Gasteiger partial charge >= 0.3 is 5.97 Å². The molecule has 0 radical (unpaired) electrons. The van der Waals surface area contributed by atoms with Crippen molar-refractivity contribution in [3.05, 3.63) is 90.8 Å². The van der Waals surface area contributed by atoms with Gasteiger partial charge in [-0.05, 0) is 30.7 Å². The number of nitro benzene ring substituents is 2. The Morgan fingerprint density at radius 3 is 2.24 bits per heavy atom. The molecule has 3 aliphatic rings. The molecule has 3 aliphatic heterocycles. The van der Waals surface area contributed by atoms with Crippen molar-refractivity contribution in [3.63, 3.8) is 0 Å². The van der Waals surface area contributed by atoms with Gasteiger partial charge in [-0.1, -0.05) is 0 Å². The molecule has 0 spiro atoms. The number of nitro groups is 2. The Morgan fingerprint density at radius 2 is 1.59 bits per heavy atom. The van der Waals surface area contributed by atoms with Gasteiger partial charge in [0.15, 0.2) is 5.70 Å². The summed E-state index contributed by atoms with van der Waals surface area (Å²) in [6.07, 6.45) is 0. The van der Waals surface area contributed by atoms with Crippen molar-refractivity contribution >= 4 is 35.1 Å². The van der Waals surface area contributed by atoms with Crippen LogP contribution in [0.1, 0.15) is 33.2 Å². The first-order chi connectivity index (χ1) is 17.6. The smallest absolute Gasteiger partial charge is 0.358 e. The number of carbonyl (C=O) groups is 4. The number of ether oxygens (including phenoxy) is 2. The Bertz CT molecular complexity index is 1450. The van der Waals surface area contributed by atoms with E-state index in [2.05, 4.69) is 0 Å². The second kappa shape index (κ2) is 8.51. The molecular formula is C23H16N4O10. The number of imide groups is 1. The quantitative estimate of drug-likeness (QED) is 0.183. The van der Waals surface area contributed by atoms with Crippen LogP contribution in [0, 0.1) is 20.2 Å². The minimum absolute atomic E-state index is 0.0620. The lowest BCUT2D eigenvalue weighted by Gasteiger charge is -2.51. The van der Waals surface area contributed by atoms with E-state index in [0.717, 1.165) is 28.0 Å². The van der Waals surface area contributed by atoms with Gasteiger partial charge in [-0.3, -0.25) is 44.4 Å². The Hall–Kier alpha value is -5.14. The van der Waals surface area contributed by atoms with Crippen LogP contribution in [0.4, 0.5) is 11.4 Å². The molecular weight excluding hydrogens is 492 g/mol. The van der Waals surface area contributed by atoms with Crippen molar-refractivity contribution in [1.82, 2.24) is 9.80 Å². The van der Waals surface area contributed by atoms with E-state index in [9.17, 15) is 39.4 Å². The SMILES string of the molecule is CC1=C(C(=O)OCc2ccc([N+](=O)[O-])cc2)N2C(=O)[C@@H](N3C(=O)c4ccc([N+](=O)[O-])cc4C3=O)[C@H]2CO1. The summed E-state index contributed by atoms with van der Waals surface area (Å²) >= 11 is 0. The van der Waals surface area contributed by atoms with Gasteiger partial charge in [0.25, 0.3) is 29.1 Å². The van der Waals surface area contributed by atoms with Crippen molar-refractivity contribution in [1.29, 1.82) is 0 Å². The van der Waals surface area contributed by atoms with Crippen molar-refractivity contribution in [2.45, 2.75) is 25.6 Å². The fraction of sp³-hybridized carbons (Fsp3) is 0.217. The molecule has 3 amide bonds. The van der Waals surface area contributed by atoms with Crippen LogP contribution >= 0.6 is 0 Å². The van der Waals surface area contributed by atoms with Gasteiger partial charge in [0.2, 0.25) is 0 Å². The van der Waals surface area contributed by atoms with Crippen LogP contribution < -0.4 is 0 Å². The second-order valence-corrected chi connectivity index (χ2v) is 8.40. The van der Waals surface area contributed by atoms with Crippen LogP contribution in [-0.2, 0) is 25.7 Å². The molecule has 0 unspecified atom stereocenters. The van der Waals surface area contributed by atoms with Crippen molar-refractivity contribution in [2.75, 3.05) is 6.61 Å². The van der Waals surface area contributed by atoms with E-state index >= 15 is 0 Å². The summed E-state index contributed by atoms with van der Waals surface area (Å²) in [7, 11) is 0. The Kier molecular flexibility index (Phi) is 5.43. The highest BCUT2D eigenvalue weighted by Gasteiger charge is 2.60. The van der Waals surface area contributed by atoms with Crippen LogP contribution in [0.5, 0.6) is 0 Å². The zero-order valence-corrected chi connectivity index (χ0v) is 19.0. The first-order valence-electron chi connectivity index (χ1n) is 10.8. The molecule has 2 aromatic rings. The maximum Gasteiger partial charge on any atom is 0.358 e. The topological polar surface area (TPSA) is 180 Å². The molecule has 14 nitrogen and oxygen atoms in total. The highest BCUT2D eigenvalue weighted by molar-refractivity contribution is 6.24. The van der Waals surface area contributed by atoms with Gasteiger partial charge in [-0.15, -0.1) is 0 Å². The van der Waals surface area contributed by atoms with Crippen LogP contribution in [0.2, 0.25) is 0 Å². The minimum Gasteiger partial charge on any atom is -0.494 e.